The molecule has 1 aromatic carbocycles. The molecule has 9 heteroatoms. The van der Waals surface area contributed by atoms with E-state index in [0.717, 1.165) is 73.3 Å². The standard InChI is InChI=1S/C25H32Cl2N6O/c1-16-24-25(33(30-16)17(2)21-7-6-20(26)11-22(21)27)29-23(12-28-24)32-14-19(15-32)18-5-3-8-31(13-18)9-4-10-34/h6-7,11-12,17-19,34H,3-5,8-10,13-15H2,1-2H3/t17?,18-/m1/s1. The van der Waals surface area contributed by atoms with Crippen molar-refractivity contribution in [3.05, 3.63) is 45.7 Å². The molecule has 1 N–H and O–H groups in total. The second-order valence-electron chi connectivity index (χ2n) is 9.72. The molecule has 0 spiro atoms. The van der Waals surface area contributed by atoms with Crippen molar-refractivity contribution >= 4 is 40.2 Å². The van der Waals surface area contributed by atoms with Crippen LogP contribution in [0.1, 0.15) is 43.5 Å². The lowest BCUT2D eigenvalue weighted by Crippen LogP contribution is -2.54. The lowest BCUT2D eigenvalue weighted by molar-refractivity contribution is 0.112. The Morgan fingerprint density at radius 3 is 2.76 bits per heavy atom. The van der Waals surface area contributed by atoms with Crippen molar-refractivity contribution < 1.29 is 5.11 Å². The number of anilines is 1. The van der Waals surface area contributed by atoms with Crippen molar-refractivity contribution in [1.29, 1.82) is 0 Å². The van der Waals surface area contributed by atoms with Gasteiger partial charge in [-0.2, -0.15) is 5.10 Å². The molecule has 5 rings (SSSR count). The summed E-state index contributed by atoms with van der Waals surface area (Å²) in [7, 11) is 0. The minimum absolute atomic E-state index is 0.0956. The third kappa shape index (κ3) is 4.63. The van der Waals surface area contributed by atoms with E-state index < -0.39 is 0 Å². The number of rotatable bonds is 7. The first-order valence-corrected chi connectivity index (χ1v) is 12.9. The van der Waals surface area contributed by atoms with Crippen LogP contribution in [0.5, 0.6) is 0 Å². The molecule has 2 atom stereocenters. The normalized spacial score (nSPS) is 20.6. The van der Waals surface area contributed by atoms with E-state index in [1.54, 1.807) is 6.07 Å². The van der Waals surface area contributed by atoms with Gasteiger partial charge in [-0.25, -0.2) is 14.6 Å². The van der Waals surface area contributed by atoms with Gasteiger partial charge in [-0.05, 0) is 69.2 Å². The molecule has 4 heterocycles. The summed E-state index contributed by atoms with van der Waals surface area (Å²) in [5.74, 6) is 2.32. The van der Waals surface area contributed by atoms with E-state index in [0.29, 0.717) is 16.0 Å². The zero-order chi connectivity index (χ0) is 23.8. The third-order valence-electron chi connectivity index (χ3n) is 7.41. The van der Waals surface area contributed by atoms with Gasteiger partial charge >= 0.3 is 0 Å². The predicted octanol–water partition coefficient (Wildman–Crippen LogP) is 4.58. The highest BCUT2D eigenvalue weighted by molar-refractivity contribution is 6.35. The van der Waals surface area contributed by atoms with E-state index in [-0.39, 0.29) is 12.6 Å². The average Bonchev–Trinajstić information content (AvgIpc) is 3.12. The summed E-state index contributed by atoms with van der Waals surface area (Å²) in [4.78, 5) is 14.6. The number of piperidine rings is 1. The van der Waals surface area contributed by atoms with E-state index in [2.05, 4.69) is 16.7 Å². The Balaban J connectivity index is 1.32. The van der Waals surface area contributed by atoms with Crippen molar-refractivity contribution in [3.8, 4) is 0 Å². The summed E-state index contributed by atoms with van der Waals surface area (Å²) in [5.41, 5.74) is 3.42. The van der Waals surface area contributed by atoms with E-state index in [9.17, 15) is 0 Å². The van der Waals surface area contributed by atoms with Gasteiger partial charge in [0.15, 0.2) is 5.65 Å². The Morgan fingerprint density at radius 2 is 2.00 bits per heavy atom. The molecule has 2 aliphatic rings. The second-order valence-corrected chi connectivity index (χ2v) is 10.6. The molecule has 0 bridgehead atoms. The van der Waals surface area contributed by atoms with Crippen molar-refractivity contribution in [3.63, 3.8) is 0 Å². The highest BCUT2D eigenvalue weighted by atomic mass is 35.5. The highest BCUT2D eigenvalue weighted by Gasteiger charge is 2.36. The fraction of sp³-hybridized carbons (Fsp3) is 0.560. The van der Waals surface area contributed by atoms with Crippen LogP contribution in [0.4, 0.5) is 5.82 Å². The molecule has 2 fully saturated rings. The van der Waals surface area contributed by atoms with Crippen LogP contribution >= 0.6 is 23.2 Å². The maximum absolute atomic E-state index is 9.15. The lowest BCUT2D eigenvalue weighted by atomic mass is 9.80. The summed E-state index contributed by atoms with van der Waals surface area (Å²) in [5, 5.41) is 15.1. The Morgan fingerprint density at radius 1 is 1.18 bits per heavy atom. The molecule has 7 nitrogen and oxygen atoms in total. The predicted molar refractivity (Wildman–Crippen MR) is 137 cm³/mol. The van der Waals surface area contributed by atoms with E-state index in [1.165, 1.54) is 12.8 Å². The summed E-state index contributed by atoms with van der Waals surface area (Å²) in [6.07, 6.45) is 5.30. The number of nitrogens with zero attached hydrogens (tertiary/aromatic N) is 6. The largest absolute Gasteiger partial charge is 0.396 e. The quantitative estimate of drug-likeness (QED) is 0.509. The Kier molecular flexibility index (Phi) is 6.98. The van der Waals surface area contributed by atoms with Gasteiger partial charge in [0.05, 0.1) is 17.9 Å². The highest BCUT2D eigenvalue weighted by Crippen LogP contribution is 2.35. The molecule has 34 heavy (non-hydrogen) atoms. The van der Waals surface area contributed by atoms with E-state index in [1.807, 2.05) is 29.9 Å². The molecule has 0 radical (unpaired) electrons. The van der Waals surface area contributed by atoms with Crippen LogP contribution in [-0.4, -0.2) is 69.1 Å². The number of benzene rings is 1. The van der Waals surface area contributed by atoms with Crippen LogP contribution in [0.2, 0.25) is 10.0 Å². The van der Waals surface area contributed by atoms with Crippen LogP contribution < -0.4 is 4.90 Å². The fourth-order valence-electron chi connectivity index (χ4n) is 5.41. The Hall–Kier alpha value is -1.93. The Labute approximate surface area is 210 Å². The van der Waals surface area contributed by atoms with Gasteiger partial charge < -0.3 is 14.9 Å². The van der Waals surface area contributed by atoms with Gasteiger partial charge in [-0.15, -0.1) is 0 Å². The van der Waals surface area contributed by atoms with Crippen LogP contribution in [0.3, 0.4) is 0 Å². The first-order valence-electron chi connectivity index (χ1n) is 12.2. The smallest absolute Gasteiger partial charge is 0.179 e. The van der Waals surface area contributed by atoms with Gasteiger partial charge in [-0.3, -0.25) is 0 Å². The summed E-state index contributed by atoms with van der Waals surface area (Å²) < 4.78 is 1.92. The molecule has 182 valence electrons. The molecule has 2 saturated heterocycles. The van der Waals surface area contributed by atoms with Crippen molar-refractivity contribution in [1.82, 2.24) is 24.6 Å². The maximum atomic E-state index is 9.15. The number of aryl methyl sites for hydroxylation is 1. The number of aliphatic hydroxyl groups is 1. The third-order valence-corrected chi connectivity index (χ3v) is 7.98. The van der Waals surface area contributed by atoms with Crippen molar-refractivity contribution in [2.45, 2.75) is 39.2 Å². The molecule has 0 saturated carbocycles. The Bertz CT molecular complexity index is 1160. The number of halogens is 2. The number of likely N-dealkylation sites (tertiary alicyclic amines) is 1. The number of aromatic nitrogens is 4. The molecular weight excluding hydrogens is 471 g/mol. The first kappa shape index (κ1) is 23.8. The van der Waals surface area contributed by atoms with Gasteiger partial charge in [0.1, 0.15) is 11.3 Å². The minimum atomic E-state index is -0.0956. The van der Waals surface area contributed by atoms with Crippen LogP contribution in [0.15, 0.2) is 24.4 Å². The number of fused-ring (bicyclic) bond motifs is 1. The molecule has 3 aromatic rings. The summed E-state index contributed by atoms with van der Waals surface area (Å²) in [6.45, 7) is 9.66. The fourth-order valence-corrected chi connectivity index (χ4v) is 5.97. The zero-order valence-corrected chi connectivity index (χ0v) is 21.3. The number of hydrogen-bond acceptors (Lipinski definition) is 6. The van der Waals surface area contributed by atoms with Crippen LogP contribution in [0.25, 0.3) is 11.2 Å². The SMILES string of the molecule is Cc1nn(C(C)c2ccc(Cl)cc2Cl)c2nc(N3CC([C@@H]4CCCN(CCCO)C4)C3)cnc12. The molecule has 2 aliphatic heterocycles. The average molecular weight is 503 g/mol. The zero-order valence-electron chi connectivity index (χ0n) is 19.8. The minimum Gasteiger partial charge on any atom is -0.396 e. The van der Waals surface area contributed by atoms with Gasteiger partial charge in [0, 0.05) is 42.8 Å². The first-order chi connectivity index (χ1) is 16.4. The van der Waals surface area contributed by atoms with Crippen molar-refractivity contribution in [2.75, 3.05) is 44.2 Å². The summed E-state index contributed by atoms with van der Waals surface area (Å²) in [6, 6.07) is 5.47. The van der Waals surface area contributed by atoms with Crippen LogP contribution in [0, 0.1) is 18.8 Å². The van der Waals surface area contributed by atoms with Crippen molar-refractivity contribution in [2.24, 2.45) is 11.8 Å². The molecule has 1 unspecified atom stereocenters. The topological polar surface area (TPSA) is 70.3 Å². The van der Waals surface area contributed by atoms with Gasteiger partial charge in [0.2, 0.25) is 0 Å². The molecule has 0 aliphatic carbocycles. The number of aliphatic hydroxyl groups excluding tert-OH is 1. The maximum Gasteiger partial charge on any atom is 0.179 e. The van der Waals surface area contributed by atoms with E-state index in [4.69, 9.17) is 43.4 Å². The second kappa shape index (κ2) is 9.97. The van der Waals surface area contributed by atoms with Gasteiger partial charge in [-0.1, -0.05) is 29.3 Å². The van der Waals surface area contributed by atoms with Crippen LogP contribution in [-0.2, 0) is 0 Å². The summed E-state index contributed by atoms with van der Waals surface area (Å²) >= 11 is 12.6. The number of hydrogen-bond donors (Lipinski definition) is 1. The van der Waals surface area contributed by atoms with E-state index >= 15 is 0 Å². The lowest BCUT2D eigenvalue weighted by Gasteiger charge is -2.47. The monoisotopic (exact) mass is 502 g/mol. The molecule has 0 amide bonds. The molecule has 2 aromatic heterocycles. The van der Waals surface area contributed by atoms with Gasteiger partial charge in [0.25, 0.3) is 0 Å². The molecular formula is C25H32Cl2N6O.